The Bertz CT molecular complexity index is 1940. The van der Waals surface area contributed by atoms with Crippen LogP contribution in [0.4, 0.5) is 0 Å². The molecule has 15 atom stereocenters. The van der Waals surface area contributed by atoms with Crippen LogP contribution in [-0.4, -0.2) is 272 Å². The van der Waals surface area contributed by atoms with Gasteiger partial charge in [0.1, 0.15) is 36.6 Å². The Morgan fingerprint density at radius 3 is 0.911 bits per heavy atom. The molecule has 17 N–H and O–H groups in total. The monoisotopic (exact) mass is 1300 g/mol. The van der Waals surface area contributed by atoms with E-state index in [1.54, 1.807) is 27.9 Å². The minimum atomic E-state index is -1.32. The van der Waals surface area contributed by atoms with Crippen molar-refractivity contribution < 1.29 is 117 Å². The number of methoxy groups -OCH3 is 1. The fraction of sp³-hybridized carbons (Fsp3) is 0.862. The van der Waals surface area contributed by atoms with Crippen LogP contribution in [-0.2, 0) is 71.5 Å². The van der Waals surface area contributed by atoms with Crippen molar-refractivity contribution in [2.24, 2.45) is 17.8 Å². The number of aliphatic hydroxyl groups excluding tert-OH is 9. The van der Waals surface area contributed by atoms with Crippen molar-refractivity contribution in [2.75, 3.05) is 99.2 Å². The van der Waals surface area contributed by atoms with Crippen molar-refractivity contribution >= 4 is 47.3 Å². The van der Waals surface area contributed by atoms with Gasteiger partial charge in [-0.15, -0.1) is 0 Å². The van der Waals surface area contributed by atoms with E-state index in [9.17, 15) is 84.3 Å². The van der Waals surface area contributed by atoms with Gasteiger partial charge in [-0.2, -0.15) is 0 Å². The number of aliphatic hydroxyl groups is 9. The standard InChI is InChI=1S/C58H104N8O24/c1-35-49(78)52(81)38(32-67)88-55(35)85-29-15-45(74)62-24-6-21-59-42(71)12-18-58(66-48(77)11-5-10-41(70)65-27-9-28-84-4,19-13-43(72)60-22-7-25-63-46(75)16-30-86-56-36(2)50(79)53(82)39(33-68)89-56)20-14-44(73)61-23-8-26-64-47(76)17-31-87-57-37(3)51(80)54(83)40(34-69)90-57/h35-40,49-57,67-69,78-83H,5-34H2,1-4H3,(H,59,71)(H,60,72)(H,61,73)(H,62,74)(H,63,75)(H,64,76)(H,65,70)(H,66,77)/t35-,36-,37-,38?,39?,40?,49?,50?,51?,52-,53-,54-,55+,56+,57+,58?/m0/s1. The predicted molar refractivity (Wildman–Crippen MR) is 316 cm³/mol. The molecule has 6 unspecified atom stereocenters. The van der Waals surface area contributed by atoms with Crippen molar-refractivity contribution in [3.05, 3.63) is 0 Å². The molecule has 3 rings (SSSR count). The van der Waals surface area contributed by atoms with Crippen LogP contribution >= 0.6 is 0 Å². The number of rotatable bonds is 45. The van der Waals surface area contributed by atoms with E-state index >= 15 is 0 Å². The van der Waals surface area contributed by atoms with Gasteiger partial charge in [0.2, 0.25) is 47.3 Å². The highest BCUT2D eigenvalue weighted by atomic mass is 16.7. The van der Waals surface area contributed by atoms with E-state index in [2.05, 4.69) is 42.5 Å². The molecule has 520 valence electrons. The van der Waals surface area contributed by atoms with E-state index in [1.165, 1.54) is 0 Å². The second-order valence-electron chi connectivity index (χ2n) is 23.1. The van der Waals surface area contributed by atoms with E-state index in [0.29, 0.717) is 38.8 Å². The summed E-state index contributed by atoms with van der Waals surface area (Å²) in [6.45, 7) is 4.71. The lowest BCUT2D eigenvalue weighted by Gasteiger charge is -2.40. The maximum absolute atomic E-state index is 13.8. The zero-order valence-electron chi connectivity index (χ0n) is 52.5. The Labute approximate surface area is 525 Å². The average molecular weight is 1300 g/mol. The van der Waals surface area contributed by atoms with E-state index < -0.39 is 141 Å². The second-order valence-corrected chi connectivity index (χ2v) is 23.1. The highest BCUT2D eigenvalue weighted by molar-refractivity contribution is 5.81. The Morgan fingerprint density at radius 1 is 0.356 bits per heavy atom. The average Bonchev–Trinajstić information content (AvgIpc) is 1.14. The number of ether oxygens (including phenoxy) is 7. The molecule has 0 spiro atoms. The summed E-state index contributed by atoms with van der Waals surface area (Å²) in [6, 6.07) is 0. The lowest BCUT2D eigenvalue weighted by Crippen LogP contribution is -2.55. The van der Waals surface area contributed by atoms with Gasteiger partial charge in [-0.1, -0.05) is 20.8 Å². The van der Waals surface area contributed by atoms with E-state index in [4.69, 9.17) is 33.2 Å². The fourth-order valence-corrected chi connectivity index (χ4v) is 10.1. The van der Waals surface area contributed by atoms with E-state index in [1.807, 2.05) is 0 Å². The SMILES string of the molecule is COCCCNC(=O)CCCC(=O)NC(CCC(=O)NCCCNC(=O)CCO[C@@H]1OC(CO)[C@H](O)C(O)[C@@H]1C)(CCC(=O)NCCCNC(=O)CCO[C@@H]1OC(CO)[C@H](O)C(O)[C@@H]1C)CCC(=O)NCCCNC(=O)CCO[C@@H]1OC(CO)[C@H](O)C(O)[C@@H]1C. The van der Waals surface area contributed by atoms with Gasteiger partial charge in [0.15, 0.2) is 18.9 Å². The summed E-state index contributed by atoms with van der Waals surface area (Å²) in [5, 5.41) is 112. The van der Waals surface area contributed by atoms with Crippen molar-refractivity contribution in [3.8, 4) is 0 Å². The molecule has 0 aliphatic carbocycles. The summed E-state index contributed by atoms with van der Waals surface area (Å²) in [4.78, 5) is 105. The number of carbonyl (C=O) groups excluding carboxylic acids is 8. The normalized spacial score (nSPS) is 27.3. The van der Waals surface area contributed by atoms with Crippen LogP contribution in [0.2, 0.25) is 0 Å². The summed E-state index contributed by atoms with van der Waals surface area (Å²) < 4.78 is 38.5. The van der Waals surface area contributed by atoms with Crippen LogP contribution in [0, 0.1) is 17.8 Å². The second kappa shape index (κ2) is 43.9. The minimum absolute atomic E-state index is 0.0294. The molecule has 3 aliphatic rings. The molecule has 90 heavy (non-hydrogen) atoms. The summed E-state index contributed by atoms with van der Waals surface area (Å²) in [5.41, 5.74) is -1.32. The number of hydrogen-bond donors (Lipinski definition) is 17. The topological polar surface area (TPSA) is 479 Å². The predicted octanol–water partition coefficient (Wildman–Crippen LogP) is -5.18. The maximum atomic E-state index is 13.8. The number of amides is 8. The summed E-state index contributed by atoms with van der Waals surface area (Å²) in [5.74, 6) is -5.06. The van der Waals surface area contributed by atoms with Crippen molar-refractivity contribution in [1.29, 1.82) is 0 Å². The van der Waals surface area contributed by atoms with E-state index in [0.717, 1.165) is 0 Å². The largest absolute Gasteiger partial charge is 0.394 e. The molecule has 0 bridgehead atoms. The summed E-state index contributed by atoms with van der Waals surface area (Å²) >= 11 is 0. The first-order chi connectivity index (χ1) is 43.0. The molecule has 0 aromatic heterocycles. The zero-order chi connectivity index (χ0) is 66.6. The van der Waals surface area contributed by atoms with Crippen LogP contribution in [0.3, 0.4) is 0 Å². The Balaban J connectivity index is 1.61. The molecular weight excluding hydrogens is 1190 g/mol. The molecule has 0 aromatic rings. The van der Waals surface area contributed by atoms with Gasteiger partial charge in [0.05, 0.1) is 77.2 Å². The van der Waals surface area contributed by atoms with Gasteiger partial charge in [0, 0.05) is 115 Å². The molecule has 3 heterocycles. The molecule has 3 fully saturated rings. The van der Waals surface area contributed by atoms with Crippen LogP contribution in [0.25, 0.3) is 0 Å². The molecule has 0 aromatic carbocycles. The van der Waals surface area contributed by atoms with Crippen LogP contribution in [0.5, 0.6) is 0 Å². The van der Waals surface area contributed by atoms with E-state index in [-0.39, 0.29) is 160 Å². The summed E-state index contributed by atoms with van der Waals surface area (Å²) in [6.07, 6.45) is -12.7. The van der Waals surface area contributed by atoms with Crippen LogP contribution in [0.1, 0.15) is 124 Å². The first kappa shape index (κ1) is 79.4. The highest BCUT2D eigenvalue weighted by Crippen LogP contribution is 2.30. The van der Waals surface area contributed by atoms with Gasteiger partial charge in [-0.3, -0.25) is 38.4 Å². The minimum Gasteiger partial charge on any atom is -0.394 e. The Kier molecular flexibility index (Phi) is 38.7. The third-order valence-electron chi connectivity index (χ3n) is 15.9. The van der Waals surface area contributed by atoms with Gasteiger partial charge in [-0.05, 0) is 51.4 Å². The Morgan fingerprint density at radius 2 is 0.622 bits per heavy atom. The molecule has 8 amide bonds. The molecule has 0 radical (unpaired) electrons. The van der Waals surface area contributed by atoms with Gasteiger partial charge < -0.3 is 122 Å². The zero-order valence-corrected chi connectivity index (χ0v) is 52.5. The molecular formula is C58H104N8O24. The third-order valence-corrected chi connectivity index (χ3v) is 15.9. The van der Waals surface area contributed by atoms with Crippen molar-refractivity contribution in [3.63, 3.8) is 0 Å². The highest BCUT2D eigenvalue weighted by Gasteiger charge is 2.45. The number of hydrogen-bond acceptors (Lipinski definition) is 24. The third kappa shape index (κ3) is 29.4. The summed E-state index contributed by atoms with van der Waals surface area (Å²) in [7, 11) is 1.54. The molecule has 0 saturated carbocycles. The smallest absolute Gasteiger partial charge is 0.222 e. The molecule has 32 nitrogen and oxygen atoms in total. The van der Waals surface area contributed by atoms with Crippen LogP contribution in [0.15, 0.2) is 0 Å². The number of carbonyl (C=O) groups is 8. The van der Waals surface area contributed by atoms with Crippen LogP contribution < -0.4 is 42.5 Å². The quantitative estimate of drug-likeness (QED) is 0.0254. The van der Waals surface area contributed by atoms with Gasteiger partial charge in [-0.25, -0.2) is 0 Å². The fourth-order valence-electron chi connectivity index (χ4n) is 10.1. The number of nitrogens with one attached hydrogen (secondary N) is 8. The van der Waals surface area contributed by atoms with Crippen molar-refractivity contribution in [1.82, 2.24) is 42.5 Å². The Hall–Kier alpha value is -4.88. The molecule has 3 aliphatic heterocycles. The van der Waals surface area contributed by atoms with Gasteiger partial charge >= 0.3 is 0 Å². The maximum Gasteiger partial charge on any atom is 0.222 e. The van der Waals surface area contributed by atoms with Crippen molar-refractivity contribution in [2.45, 2.75) is 203 Å². The lowest BCUT2D eigenvalue weighted by molar-refractivity contribution is -0.282. The van der Waals surface area contributed by atoms with Gasteiger partial charge in [0.25, 0.3) is 0 Å². The first-order valence-corrected chi connectivity index (χ1v) is 31.4. The first-order valence-electron chi connectivity index (χ1n) is 31.4. The lowest BCUT2D eigenvalue weighted by atomic mass is 9.82. The molecule has 32 heteroatoms. The molecule has 3 saturated heterocycles.